The standard InChI is InChI=1S/C22H20Cl2N2O4S/c1-15-6-12-18(13-7-15)31(28,29)26(16-8-10-17(30-2)11-9-16)14-21(27)25-22-19(23)4-3-5-20(22)24/h3-13H,14H2,1-2H3,(H,25,27). The SMILES string of the molecule is COc1ccc(N(CC(=O)Nc2c(Cl)cccc2Cl)S(=O)(=O)c2ccc(C)cc2)cc1. The highest BCUT2D eigenvalue weighted by molar-refractivity contribution is 7.92. The number of halogens is 2. The molecular weight excluding hydrogens is 459 g/mol. The van der Waals surface area contributed by atoms with Crippen LogP contribution in [0.2, 0.25) is 10.0 Å². The Bertz CT molecular complexity index is 1160. The molecule has 0 saturated heterocycles. The Hall–Kier alpha value is -2.74. The fourth-order valence-corrected chi connectivity index (χ4v) is 4.74. The van der Waals surface area contributed by atoms with Gasteiger partial charge in [-0.1, -0.05) is 47.0 Å². The summed E-state index contributed by atoms with van der Waals surface area (Å²) in [6.07, 6.45) is 0. The third-order valence-electron chi connectivity index (χ3n) is 4.48. The number of nitrogens with one attached hydrogen (secondary N) is 1. The maximum Gasteiger partial charge on any atom is 0.264 e. The van der Waals surface area contributed by atoms with Gasteiger partial charge >= 0.3 is 0 Å². The van der Waals surface area contributed by atoms with Crippen LogP contribution in [0.15, 0.2) is 71.6 Å². The molecule has 3 aromatic rings. The van der Waals surface area contributed by atoms with E-state index in [1.54, 1.807) is 54.6 Å². The molecule has 0 bridgehead atoms. The molecule has 162 valence electrons. The van der Waals surface area contributed by atoms with E-state index in [0.717, 1.165) is 9.87 Å². The van der Waals surface area contributed by atoms with Crippen molar-refractivity contribution in [1.82, 2.24) is 0 Å². The maximum atomic E-state index is 13.4. The first-order valence-corrected chi connectivity index (χ1v) is 11.4. The number of anilines is 2. The van der Waals surface area contributed by atoms with Gasteiger partial charge in [0.25, 0.3) is 10.0 Å². The number of para-hydroxylation sites is 1. The van der Waals surface area contributed by atoms with Gasteiger partial charge < -0.3 is 10.1 Å². The van der Waals surface area contributed by atoms with Gasteiger partial charge in [0.05, 0.1) is 33.4 Å². The number of nitrogens with zero attached hydrogens (tertiary/aromatic N) is 1. The first-order chi connectivity index (χ1) is 14.7. The molecule has 0 aliphatic heterocycles. The molecule has 3 rings (SSSR count). The van der Waals surface area contributed by atoms with Crippen LogP contribution in [0, 0.1) is 6.92 Å². The fourth-order valence-electron chi connectivity index (χ4n) is 2.83. The number of amides is 1. The number of aryl methyl sites for hydroxylation is 1. The Morgan fingerprint density at radius 2 is 1.55 bits per heavy atom. The second-order valence-corrected chi connectivity index (χ2v) is 9.34. The molecule has 0 aromatic heterocycles. The maximum absolute atomic E-state index is 13.4. The molecule has 0 spiro atoms. The van der Waals surface area contributed by atoms with Crippen LogP contribution in [0.4, 0.5) is 11.4 Å². The van der Waals surface area contributed by atoms with Crippen LogP contribution in [0.5, 0.6) is 5.75 Å². The normalized spacial score (nSPS) is 11.1. The molecule has 0 aliphatic carbocycles. The summed E-state index contributed by atoms with van der Waals surface area (Å²) < 4.78 is 32.9. The number of benzene rings is 3. The quantitative estimate of drug-likeness (QED) is 0.509. The lowest BCUT2D eigenvalue weighted by atomic mass is 10.2. The summed E-state index contributed by atoms with van der Waals surface area (Å²) >= 11 is 12.2. The predicted molar refractivity (Wildman–Crippen MR) is 124 cm³/mol. The van der Waals surface area contributed by atoms with Gasteiger partial charge in [0, 0.05) is 0 Å². The third-order valence-corrected chi connectivity index (χ3v) is 6.90. The molecule has 9 heteroatoms. The van der Waals surface area contributed by atoms with Crippen molar-refractivity contribution in [3.05, 3.63) is 82.3 Å². The van der Waals surface area contributed by atoms with Crippen molar-refractivity contribution in [2.45, 2.75) is 11.8 Å². The Morgan fingerprint density at radius 1 is 0.968 bits per heavy atom. The minimum absolute atomic E-state index is 0.0671. The van der Waals surface area contributed by atoms with E-state index in [0.29, 0.717) is 11.4 Å². The van der Waals surface area contributed by atoms with E-state index in [2.05, 4.69) is 5.32 Å². The molecule has 1 N–H and O–H groups in total. The topological polar surface area (TPSA) is 75.7 Å². The van der Waals surface area contributed by atoms with E-state index >= 15 is 0 Å². The summed E-state index contributed by atoms with van der Waals surface area (Å²) in [6.45, 7) is 1.38. The Morgan fingerprint density at radius 3 is 2.10 bits per heavy atom. The number of carbonyl (C=O) groups excluding carboxylic acids is 1. The lowest BCUT2D eigenvalue weighted by Gasteiger charge is -2.24. The smallest absolute Gasteiger partial charge is 0.264 e. The number of ether oxygens (including phenoxy) is 1. The van der Waals surface area contributed by atoms with Crippen molar-refractivity contribution >= 4 is 50.5 Å². The molecular formula is C22H20Cl2N2O4S. The van der Waals surface area contributed by atoms with E-state index in [9.17, 15) is 13.2 Å². The molecule has 0 saturated carbocycles. The number of rotatable bonds is 7. The van der Waals surface area contributed by atoms with Crippen LogP contribution in [0.1, 0.15) is 5.56 Å². The zero-order valence-electron chi connectivity index (χ0n) is 16.8. The van der Waals surface area contributed by atoms with Crippen molar-refractivity contribution in [3.8, 4) is 5.75 Å². The molecule has 6 nitrogen and oxygen atoms in total. The van der Waals surface area contributed by atoms with Crippen LogP contribution in [0.25, 0.3) is 0 Å². The van der Waals surface area contributed by atoms with Crippen LogP contribution < -0.4 is 14.4 Å². The van der Waals surface area contributed by atoms with Gasteiger partial charge in [-0.15, -0.1) is 0 Å². The monoisotopic (exact) mass is 478 g/mol. The molecule has 3 aromatic carbocycles. The van der Waals surface area contributed by atoms with Crippen molar-refractivity contribution in [3.63, 3.8) is 0 Å². The molecule has 0 aliphatic rings. The largest absolute Gasteiger partial charge is 0.497 e. The lowest BCUT2D eigenvalue weighted by molar-refractivity contribution is -0.114. The van der Waals surface area contributed by atoms with Crippen LogP contribution in [0.3, 0.4) is 0 Å². The van der Waals surface area contributed by atoms with Gasteiger partial charge in [-0.3, -0.25) is 9.10 Å². The highest BCUT2D eigenvalue weighted by Crippen LogP contribution is 2.30. The summed E-state index contributed by atoms with van der Waals surface area (Å²) in [4.78, 5) is 12.9. The van der Waals surface area contributed by atoms with Crippen LogP contribution in [-0.4, -0.2) is 28.0 Å². The van der Waals surface area contributed by atoms with Gasteiger partial charge in [0.1, 0.15) is 12.3 Å². The number of methoxy groups -OCH3 is 1. The van der Waals surface area contributed by atoms with Crippen molar-refractivity contribution < 1.29 is 17.9 Å². The second-order valence-electron chi connectivity index (χ2n) is 6.67. The molecule has 31 heavy (non-hydrogen) atoms. The van der Waals surface area contributed by atoms with Gasteiger partial charge in [-0.05, 0) is 55.5 Å². The Labute approximate surface area is 191 Å². The van der Waals surface area contributed by atoms with Crippen LogP contribution in [-0.2, 0) is 14.8 Å². The summed E-state index contributed by atoms with van der Waals surface area (Å²) in [5, 5.41) is 3.10. The Balaban J connectivity index is 1.97. The number of carbonyl (C=O) groups is 1. The summed E-state index contributed by atoms with van der Waals surface area (Å²) in [7, 11) is -2.52. The average Bonchev–Trinajstić information content (AvgIpc) is 2.75. The predicted octanol–water partition coefficient (Wildman–Crippen LogP) is 5.14. The summed E-state index contributed by atoms with van der Waals surface area (Å²) in [6, 6.07) is 17.6. The molecule has 1 amide bonds. The van der Waals surface area contributed by atoms with Gasteiger partial charge in [0.15, 0.2) is 0 Å². The van der Waals surface area contributed by atoms with Crippen molar-refractivity contribution in [2.24, 2.45) is 0 Å². The van der Waals surface area contributed by atoms with Gasteiger partial charge in [-0.25, -0.2) is 8.42 Å². The third kappa shape index (κ3) is 5.31. The average molecular weight is 479 g/mol. The van der Waals surface area contributed by atoms with Crippen LogP contribution >= 0.6 is 23.2 Å². The second kappa shape index (κ2) is 9.60. The highest BCUT2D eigenvalue weighted by atomic mass is 35.5. The minimum atomic E-state index is -4.03. The first-order valence-electron chi connectivity index (χ1n) is 9.19. The number of hydrogen-bond acceptors (Lipinski definition) is 4. The van der Waals surface area contributed by atoms with Gasteiger partial charge in [0.2, 0.25) is 5.91 Å². The van der Waals surface area contributed by atoms with E-state index < -0.39 is 22.5 Å². The van der Waals surface area contributed by atoms with Crippen molar-refractivity contribution in [1.29, 1.82) is 0 Å². The minimum Gasteiger partial charge on any atom is -0.497 e. The molecule has 0 radical (unpaired) electrons. The lowest BCUT2D eigenvalue weighted by Crippen LogP contribution is -2.38. The molecule has 0 unspecified atom stereocenters. The van der Waals surface area contributed by atoms with Gasteiger partial charge in [-0.2, -0.15) is 0 Å². The Kier molecular flexibility index (Phi) is 7.10. The number of hydrogen-bond donors (Lipinski definition) is 1. The van der Waals surface area contributed by atoms with Crippen molar-refractivity contribution in [2.75, 3.05) is 23.3 Å². The fraction of sp³-hybridized carbons (Fsp3) is 0.136. The zero-order valence-corrected chi connectivity index (χ0v) is 19.1. The zero-order chi connectivity index (χ0) is 22.6. The summed E-state index contributed by atoms with van der Waals surface area (Å²) in [5.74, 6) is -0.0368. The van der Waals surface area contributed by atoms with E-state index in [1.165, 1.54) is 19.2 Å². The highest BCUT2D eigenvalue weighted by Gasteiger charge is 2.27. The van der Waals surface area contributed by atoms with E-state index in [-0.39, 0.29) is 20.6 Å². The summed E-state index contributed by atoms with van der Waals surface area (Å²) in [5.41, 5.74) is 1.45. The molecule has 0 fully saturated rings. The van der Waals surface area contributed by atoms with E-state index in [4.69, 9.17) is 27.9 Å². The molecule has 0 heterocycles. The number of sulfonamides is 1. The molecule has 0 atom stereocenters. The van der Waals surface area contributed by atoms with E-state index in [1.807, 2.05) is 6.92 Å². The first kappa shape index (κ1) is 22.9.